The van der Waals surface area contributed by atoms with Crippen molar-refractivity contribution in [3.8, 4) is 0 Å². The van der Waals surface area contributed by atoms with Crippen LogP contribution in [0.1, 0.15) is 11.1 Å². The molecule has 0 radical (unpaired) electrons. The summed E-state index contributed by atoms with van der Waals surface area (Å²) in [5, 5.41) is 0. The number of rotatable bonds is 1. The zero-order valence-corrected chi connectivity index (χ0v) is 8.48. The summed E-state index contributed by atoms with van der Waals surface area (Å²) in [7, 11) is 0. The third-order valence-corrected chi connectivity index (χ3v) is 2.21. The molecular weight excluding hydrogens is 260 g/mol. The normalized spacial score (nSPS) is 9.90. The van der Waals surface area contributed by atoms with Crippen molar-refractivity contribution in [1.29, 1.82) is 0 Å². The molecule has 0 aliphatic rings. The van der Waals surface area contributed by atoms with E-state index in [-0.39, 0.29) is 0 Å². The molecule has 0 aliphatic heterocycles. The summed E-state index contributed by atoms with van der Waals surface area (Å²) in [6.07, 6.45) is 1.82. The van der Waals surface area contributed by atoms with Gasteiger partial charge in [0.25, 0.3) is 0 Å². The van der Waals surface area contributed by atoms with Crippen LogP contribution < -0.4 is 0 Å². The van der Waals surface area contributed by atoms with Crippen molar-refractivity contribution in [1.82, 2.24) is 4.98 Å². The van der Waals surface area contributed by atoms with Crippen molar-refractivity contribution in [3.63, 3.8) is 0 Å². The summed E-state index contributed by atoms with van der Waals surface area (Å²) < 4.78 is 1.02. The van der Waals surface area contributed by atoms with Gasteiger partial charge in [-0.05, 0) is 46.7 Å². The van der Waals surface area contributed by atoms with E-state index in [0.29, 0.717) is 5.88 Å². The molecule has 0 saturated carbocycles. The Bertz CT molecular complexity index is 237. The van der Waals surface area contributed by atoms with Gasteiger partial charge in [-0.25, -0.2) is 4.98 Å². The summed E-state index contributed by atoms with van der Waals surface area (Å²) in [6.45, 7) is 2.04. The Hall–Kier alpha value is 0.170. The largest absolute Gasteiger partial charge is 0.250 e. The number of halogens is 2. The van der Waals surface area contributed by atoms with Crippen LogP contribution in [-0.4, -0.2) is 4.98 Å². The third-order valence-electron chi connectivity index (χ3n) is 1.33. The van der Waals surface area contributed by atoms with Crippen molar-refractivity contribution in [2.45, 2.75) is 12.8 Å². The van der Waals surface area contributed by atoms with E-state index in [1.165, 1.54) is 5.56 Å². The van der Waals surface area contributed by atoms with Crippen molar-refractivity contribution in [2.24, 2.45) is 0 Å². The van der Waals surface area contributed by atoms with Gasteiger partial charge in [0.05, 0.1) is 0 Å². The Morgan fingerprint density at radius 1 is 1.70 bits per heavy atom. The molecule has 54 valence electrons. The molecule has 0 saturated heterocycles. The molecule has 1 rings (SSSR count). The number of alkyl halides is 1. The van der Waals surface area contributed by atoms with Crippen molar-refractivity contribution in [3.05, 3.63) is 27.1 Å². The minimum atomic E-state index is 0.551. The third kappa shape index (κ3) is 1.83. The maximum Gasteiger partial charge on any atom is 0.101 e. The number of aromatic nitrogens is 1. The van der Waals surface area contributed by atoms with E-state index in [1.54, 1.807) is 0 Å². The molecule has 1 aromatic heterocycles. The molecule has 0 atom stereocenters. The van der Waals surface area contributed by atoms with Gasteiger partial charge in [-0.15, -0.1) is 11.6 Å². The standard InChI is InChI=1S/C7H7ClIN/c1-5-2-7(9)10-4-6(5)3-8/h2,4H,3H2,1H3. The van der Waals surface area contributed by atoms with Gasteiger partial charge in [-0.1, -0.05) is 0 Å². The molecule has 0 aliphatic carbocycles. The van der Waals surface area contributed by atoms with E-state index in [2.05, 4.69) is 27.6 Å². The number of hydrogen-bond acceptors (Lipinski definition) is 1. The van der Waals surface area contributed by atoms with Gasteiger partial charge in [0.2, 0.25) is 0 Å². The maximum atomic E-state index is 5.64. The van der Waals surface area contributed by atoms with E-state index >= 15 is 0 Å². The van der Waals surface area contributed by atoms with E-state index in [4.69, 9.17) is 11.6 Å². The smallest absolute Gasteiger partial charge is 0.101 e. The summed E-state index contributed by atoms with van der Waals surface area (Å²) in [6, 6.07) is 2.03. The fraction of sp³-hybridized carbons (Fsp3) is 0.286. The first-order chi connectivity index (χ1) is 4.74. The van der Waals surface area contributed by atoms with Crippen LogP contribution in [0, 0.1) is 10.6 Å². The van der Waals surface area contributed by atoms with Crippen molar-refractivity contribution in [2.75, 3.05) is 0 Å². The first-order valence-electron chi connectivity index (χ1n) is 2.91. The molecule has 0 fully saturated rings. The fourth-order valence-corrected chi connectivity index (χ4v) is 1.58. The van der Waals surface area contributed by atoms with Crippen LogP contribution in [-0.2, 0) is 5.88 Å². The highest BCUT2D eigenvalue weighted by Crippen LogP contribution is 2.11. The minimum absolute atomic E-state index is 0.551. The molecule has 1 heterocycles. The predicted octanol–water partition coefficient (Wildman–Crippen LogP) is 2.73. The summed E-state index contributed by atoms with van der Waals surface area (Å²) in [5.74, 6) is 0.551. The van der Waals surface area contributed by atoms with Crippen LogP contribution in [0.3, 0.4) is 0 Å². The van der Waals surface area contributed by atoms with Gasteiger partial charge in [-0.3, -0.25) is 0 Å². The highest BCUT2D eigenvalue weighted by atomic mass is 127. The van der Waals surface area contributed by atoms with Crippen LogP contribution in [0.5, 0.6) is 0 Å². The van der Waals surface area contributed by atoms with Gasteiger partial charge >= 0.3 is 0 Å². The van der Waals surface area contributed by atoms with Gasteiger partial charge in [0.1, 0.15) is 3.70 Å². The molecule has 1 nitrogen and oxygen atoms in total. The van der Waals surface area contributed by atoms with E-state index in [0.717, 1.165) is 9.26 Å². The van der Waals surface area contributed by atoms with E-state index in [9.17, 15) is 0 Å². The lowest BCUT2D eigenvalue weighted by Gasteiger charge is -1.99. The Labute approximate surface area is 78.9 Å². The molecule has 0 amide bonds. The maximum absolute atomic E-state index is 5.64. The zero-order chi connectivity index (χ0) is 7.56. The summed E-state index contributed by atoms with van der Waals surface area (Å²) in [5.41, 5.74) is 2.33. The zero-order valence-electron chi connectivity index (χ0n) is 5.56. The number of aryl methyl sites for hydroxylation is 1. The van der Waals surface area contributed by atoms with Crippen molar-refractivity contribution >= 4 is 34.2 Å². The molecular formula is C7H7ClIN. The van der Waals surface area contributed by atoms with Crippen LogP contribution in [0.15, 0.2) is 12.3 Å². The highest BCUT2D eigenvalue weighted by molar-refractivity contribution is 14.1. The second-order valence-electron chi connectivity index (χ2n) is 2.07. The van der Waals surface area contributed by atoms with Gasteiger partial charge < -0.3 is 0 Å². The predicted molar refractivity (Wildman–Crippen MR) is 51.2 cm³/mol. The minimum Gasteiger partial charge on any atom is -0.250 e. The molecule has 1 aromatic rings. The molecule has 0 unspecified atom stereocenters. The molecule has 0 bridgehead atoms. The average molecular weight is 267 g/mol. The molecule has 3 heteroatoms. The number of hydrogen-bond donors (Lipinski definition) is 0. The quantitative estimate of drug-likeness (QED) is 0.433. The Morgan fingerprint density at radius 3 is 2.90 bits per heavy atom. The Morgan fingerprint density at radius 2 is 2.40 bits per heavy atom. The number of nitrogens with zero attached hydrogens (tertiary/aromatic N) is 1. The van der Waals surface area contributed by atoms with E-state index in [1.807, 2.05) is 19.2 Å². The van der Waals surface area contributed by atoms with E-state index < -0.39 is 0 Å². The number of pyridine rings is 1. The lowest BCUT2D eigenvalue weighted by Crippen LogP contribution is -1.88. The second-order valence-corrected chi connectivity index (χ2v) is 3.44. The van der Waals surface area contributed by atoms with Crippen LogP contribution >= 0.6 is 34.2 Å². The van der Waals surface area contributed by atoms with Crippen LogP contribution in [0.4, 0.5) is 0 Å². The summed E-state index contributed by atoms with van der Waals surface area (Å²) >= 11 is 7.83. The average Bonchev–Trinajstić information content (AvgIpc) is 1.88. The SMILES string of the molecule is Cc1cc(I)ncc1CCl. The lowest BCUT2D eigenvalue weighted by molar-refractivity contribution is 1.16. The molecule has 0 N–H and O–H groups in total. The summed E-state index contributed by atoms with van der Waals surface area (Å²) in [4.78, 5) is 4.11. The van der Waals surface area contributed by atoms with Gasteiger partial charge in [-0.2, -0.15) is 0 Å². The van der Waals surface area contributed by atoms with Gasteiger partial charge in [0.15, 0.2) is 0 Å². The lowest BCUT2D eigenvalue weighted by atomic mass is 10.2. The molecule has 0 spiro atoms. The first kappa shape index (κ1) is 8.27. The molecule has 0 aromatic carbocycles. The van der Waals surface area contributed by atoms with Gasteiger partial charge in [0, 0.05) is 12.1 Å². The fourth-order valence-electron chi connectivity index (χ4n) is 0.690. The topological polar surface area (TPSA) is 12.9 Å². The van der Waals surface area contributed by atoms with Crippen LogP contribution in [0.2, 0.25) is 0 Å². The van der Waals surface area contributed by atoms with Crippen LogP contribution in [0.25, 0.3) is 0 Å². The first-order valence-corrected chi connectivity index (χ1v) is 4.52. The monoisotopic (exact) mass is 267 g/mol. The second kappa shape index (κ2) is 3.53. The van der Waals surface area contributed by atoms with Crippen molar-refractivity contribution < 1.29 is 0 Å². The highest BCUT2D eigenvalue weighted by Gasteiger charge is 1.96. The molecule has 10 heavy (non-hydrogen) atoms. The Balaban J connectivity index is 3.07. The Kier molecular flexibility index (Phi) is 2.92.